The summed E-state index contributed by atoms with van der Waals surface area (Å²) in [6.45, 7) is 4.22. The Morgan fingerprint density at radius 3 is 2.57 bits per heavy atom. The predicted molar refractivity (Wildman–Crippen MR) is 84.3 cm³/mol. The first-order valence-electron chi connectivity index (χ1n) is 7.63. The summed E-state index contributed by atoms with van der Waals surface area (Å²) < 4.78 is 4.86. The van der Waals surface area contributed by atoms with Gasteiger partial charge in [0, 0.05) is 13.1 Å². The number of esters is 1. The topological polar surface area (TPSA) is 32.8 Å². The average Bonchev–Trinajstić information content (AvgIpc) is 2.48. The van der Waals surface area contributed by atoms with E-state index in [2.05, 4.69) is 23.9 Å². The molecule has 0 bridgehead atoms. The van der Waals surface area contributed by atoms with Crippen LogP contribution in [0.15, 0.2) is 24.3 Å². The van der Waals surface area contributed by atoms with Crippen LogP contribution in [-0.2, 0) is 11.3 Å². The summed E-state index contributed by atoms with van der Waals surface area (Å²) in [5.74, 6) is 0.556. The Balaban J connectivity index is 1.93. The van der Waals surface area contributed by atoms with Gasteiger partial charge >= 0.3 is 5.97 Å². The van der Waals surface area contributed by atoms with E-state index in [-0.39, 0.29) is 5.97 Å². The van der Waals surface area contributed by atoms with Gasteiger partial charge in [0.15, 0.2) is 0 Å². The van der Waals surface area contributed by atoms with Gasteiger partial charge in [0.25, 0.3) is 0 Å². The highest BCUT2D eigenvalue weighted by Gasteiger charge is 2.21. The molecule has 0 amide bonds. The predicted octanol–water partition coefficient (Wildman–Crippen LogP) is 2.25. The summed E-state index contributed by atoms with van der Waals surface area (Å²) in [6.07, 6.45) is 2.47. The van der Waals surface area contributed by atoms with Crippen molar-refractivity contribution in [3.63, 3.8) is 0 Å². The Bertz CT molecular complexity index is 466. The zero-order chi connectivity index (χ0) is 15.2. The lowest BCUT2D eigenvalue weighted by Crippen LogP contribution is -2.36. The molecule has 0 aromatic heterocycles. The number of rotatable bonds is 5. The zero-order valence-electron chi connectivity index (χ0n) is 13.3. The fourth-order valence-corrected chi connectivity index (χ4v) is 3.05. The number of ether oxygens (including phenoxy) is 1. The maximum Gasteiger partial charge on any atom is 0.338 e. The fraction of sp³-hybridized carbons (Fsp3) is 0.588. The second-order valence-corrected chi connectivity index (χ2v) is 6.13. The largest absolute Gasteiger partial charge is 0.465 e. The molecule has 116 valence electrons. The van der Waals surface area contributed by atoms with Gasteiger partial charge in [-0.05, 0) is 57.6 Å². The second-order valence-electron chi connectivity index (χ2n) is 6.13. The third-order valence-electron chi connectivity index (χ3n) is 4.15. The quantitative estimate of drug-likeness (QED) is 0.779. The standard InChI is InChI=1S/C17H26N2O2/c1-18(2)12-14-8-10-19(11-9-14)13-15-6-4-5-7-16(15)17(20)21-3/h4-7,14H,8-13H2,1-3H3. The number of methoxy groups -OCH3 is 1. The summed E-state index contributed by atoms with van der Waals surface area (Å²) in [5, 5.41) is 0. The number of carbonyl (C=O) groups is 1. The van der Waals surface area contributed by atoms with Gasteiger partial charge in [-0.15, -0.1) is 0 Å². The Morgan fingerprint density at radius 1 is 1.29 bits per heavy atom. The summed E-state index contributed by atoms with van der Waals surface area (Å²) in [5.41, 5.74) is 1.76. The Labute approximate surface area is 127 Å². The van der Waals surface area contributed by atoms with E-state index in [1.165, 1.54) is 26.5 Å². The van der Waals surface area contributed by atoms with Crippen molar-refractivity contribution in [3.8, 4) is 0 Å². The smallest absolute Gasteiger partial charge is 0.338 e. The van der Waals surface area contributed by atoms with Gasteiger partial charge in [-0.25, -0.2) is 4.79 Å². The monoisotopic (exact) mass is 290 g/mol. The molecule has 1 saturated heterocycles. The van der Waals surface area contributed by atoms with Crippen molar-refractivity contribution in [2.45, 2.75) is 19.4 Å². The van der Waals surface area contributed by atoms with E-state index in [1.54, 1.807) is 0 Å². The molecule has 2 rings (SSSR count). The van der Waals surface area contributed by atoms with Crippen molar-refractivity contribution in [2.75, 3.05) is 40.8 Å². The van der Waals surface area contributed by atoms with Crippen LogP contribution in [0.5, 0.6) is 0 Å². The lowest BCUT2D eigenvalue weighted by molar-refractivity contribution is 0.0597. The van der Waals surface area contributed by atoms with Crippen molar-refractivity contribution in [1.82, 2.24) is 9.80 Å². The Kier molecular flexibility index (Phi) is 5.76. The normalized spacial score (nSPS) is 17.1. The van der Waals surface area contributed by atoms with Gasteiger partial charge < -0.3 is 9.64 Å². The number of carbonyl (C=O) groups excluding carboxylic acids is 1. The van der Waals surface area contributed by atoms with Crippen LogP contribution >= 0.6 is 0 Å². The molecule has 1 fully saturated rings. The van der Waals surface area contributed by atoms with Gasteiger partial charge in [-0.2, -0.15) is 0 Å². The highest BCUT2D eigenvalue weighted by atomic mass is 16.5. The Hall–Kier alpha value is -1.39. The SMILES string of the molecule is COC(=O)c1ccccc1CN1CCC(CN(C)C)CC1. The van der Waals surface area contributed by atoms with Crippen molar-refractivity contribution in [1.29, 1.82) is 0 Å². The maximum absolute atomic E-state index is 11.8. The van der Waals surface area contributed by atoms with Gasteiger partial charge in [0.1, 0.15) is 0 Å². The molecule has 0 atom stereocenters. The summed E-state index contributed by atoms with van der Waals surface area (Å²) in [6, 6.07) is 7.75. The fourth-order valence-electron chi connectivity index (χ4n) is 3.05. The van der Waals surface area contributed by atoms with Crippen LogP contribution in [0, 0.1) is 5.92 Å². The first-order chi connectivity index (χ1) is 10.1. The molecule has 1 aromatic rings. The molecule has 1 aliphatic rings. The molecule has 1 heterocycles. The number of nitrogens with zero attached hydrogens (tertiary/aromatic N) is 2. The minimum atomic E-state index is -0.243. The zero-order valence-corrected chi connectivity index (χ0v) is 13.3. The number of piperidine rings is 1. The molecule has 1 aliphatic heterocycles. The van der Waals surface area contributed by atoms with Crippen LogP contribution < -0.4 is 0 Å². The molecule has 4 heteroatoms. The lowest BCUT2D eigenvalue weighted by Gasteiger charge is -2.33. The van der Waals surface area contributed by atoms with Crippen LogP contribution in [0.1, 0.15) is 28.8 Å². The third-order valence-corrected chi connectivity index (χ3v) is 4.15. The molecular weight excluding hydrogens is 264 g/mol. The van der Waals surface area contributed by atoms with Crippen LogP contribution in [0.3, 0.4) is 0 Å². The average molecular weight is 290 g/mol. The number of hydrogen-bond donors (Lipinski definition) is 0. The van der Waals surface area contributed by atoms with Gasteiger partial charge in [-0.3, -0.25) is 4.90 Å². The van der Waals surface area contributed by atoms with Crippen molar-refractivity contribution in [2.24, 2.45) is 5.92 Å². The van der Waals surface area contributed by atoms with E-state index in [1.807, 2.05) is 24.3 Å². The molecule has 0 N–H and O–H groups in total. The molecule has 4 nitrogen and oxygen atoms in total. The van der Waals surface area contributed by atoms with Gasteiger partial charge in [-0.1, -0.05) is 18.2 Å². The summed E-state index contributed by atoms with van der Waals surface area (Å²) >= 11 is 0. The maximum atomic E-state index is 11.8. The molecule has 0 saturated carbocycles. The third kappa shape index (κ3) is 4.55. The molecule has 0 aliphatic carbocycles. The molecule has 21 heavy (non-hydrogen) atoms. The van der Waals surface area contributed by atoms with Crippen molar-refractivity contribution in [3.05, 3.63) is 35.4 Å². The molecule has 0 radical (unpaired) electrons. The molecule has 0 unspecified atom stereocenters. The second kappa shape index (κ2) is 7.57. The van der Waals surface area contributed by atoms with E-state index in [9.17, 15) is 4.79 Å². The number of likely N-dealkylation sites (tertiary alicyclic amines) is 1. The lowest BCUT2D eigenvalue weighted by atomic mass is 9.95. The van der Waals surface area contributed by atoms with Crippen LogP contribution in [0.2, 0.25) is 0 Å². The Morgan fingerprint density at radius 2 is 1.95 bits per heavy atom. The van der Waals surface area contributed by atoms with E-state index in [4.69, 9.17) is 4.74 Å². The van der Waals surface area contributed by atoms with E-state index >= 15 is 0 Å². The highest BCUT2D eigenvalue weighted by Crippen LogP contribution is 2.21. The van der Waals surface area contributed by atoms with Crippen LogP contribution in [0.4, 0.5) is 0 Å². The van der Waals surface area contributed by atoms with Crippen LogP contribution in [0.25, 0.3) is 0 Å². The van der Waals surface area contributed by atoms with Gasteiger partial charge in [0.2, 0.25) is 0 Å². The van der Waals surface area contributed by atoms with E-state index in [0.29, 0.717) is 5.56 Å². The molecule has 1 aromatic carbocycles. The molecular formula is C17H26N2O2. The van der Waals surface area contributed by atoms with Crippen LogP contribution in [-0.4, -0.2) is 56.6 Å². The van der Waals surface area contributed by atoms with Crippen molar-refractivity contribution >= 4 is 5.97 Å². The first kappa shape index (κ1) is 16.0. The molecule has 0 spiro atoms. The van der Waals surface area contributed by atoms with E-state index in [0.717, 1.165) is 31.1 Å². The minimum Gasteiger partial charge on any atom is -0.465 e. The summed E-state index contributed by atoms with van der Waals surface area (Å²) in [4.78, 5) is 16.5. The van der Waals surface area contributed by atoms with Crippen molar-refractivity contribution < 1.29 is 9.53 Å². The number of benzene rings is 1. The highest BCUT2D eigenvalue weighted by molar-refractivity contribution is 5.90. The first-order valence-corrected chi connectivity index (χ1v) is 7.63. The number of hydrogen-bond acceptors (Lipinski definition) is 4. The van der Waals surface area contributed by atoms with E-state index < -0.39 is 0 Å². The minimum absolute atomic E-state index is 0.243. The van der Waals surface area contributed by atoms with Gasteiger partial charge in [0.05, 0.1) is 12.7 Å². The summed E-state index contributed by atoms with van der Waals surface area (Å²) in [7, 11) is 5.71.